The molecule has 1 unspecified atom stereocenters. The molecule has 4 heteroatoms. The Balaban J connectivity index is 2.05. The first kappa shape index (κ1) is 11.2. The molecule has 16 heavy (non-hydrogen) atoms. The fraction of sp³-hybridized carbons (Fsp3) is 0.500. The van der Waals surface area contributed by atoms with E-state index in [0.29, 0.717) is 18.8 Å². The van der Waals surface area contributed by atoms with Crippen LogP contribution >= 0.6 is 0 Å². The molecular formula is C12H18N2O2. The topological polar surface area (TPSA) is 69.7 Å². The number of nitrogens with two attached hydrogens (primary N) is 1. The lowest BCUT2D eigenvalue weighted by molar-refractivity contribution is 0.0664. The normalized spacial score (nSPS) is 22.2. The average molecular weight is 222 g/mol. The van der Waals surface area contributed by atoms with Crippen molar-refractivity contribution < 1.29 is 10.2 Å². The quantitative estimate of drug-likeness (QED) is 0.514. The predicted molar refractivity (Wildman–Crippen MR) is 63.0 cm³/mol. The highest BCUT2D eigenvalue weighted by Crippen LogP contribution is 2.23. The van der Waals surface area contributed by atoms with Crippen molar-refractivity contribution >= 4 is 5.69 Å². The van der Waals surface area contributed by atoms with Crippen LogP contribution in [0.25, 0.3) is 0 Å². The van der Waals surface area contributed by atoms with Gasteiger partial charge in [-0.3, -0.25) is 4.90 Å². The van der Waals surface area contributed by atoms with Crippen LogP contribution < -0.4 is 5.73 Å². The minimum absolute atomic E-state index is 0.239. The number of phenols is 1. The number of hydrogen-bond acceptors (Lipinski definition) is 4. The Kier molecular flexibility index (Phi) is 3.31. The number of nitrogen functional groups attached to an aromatic ring is 1. The van der Waals surface area contributed by atoms with E-state index in [1.807, 2.05) is 0 Å². The molecule has 1 aliphatic rings. The molecule has 0 spiro atoms. The van der Waals surface area contributed by atoms with Crippen LogP contribution in [0.1, 0.15) is 18.4 Å². The van der Waals surface area contributed by atoms with Gasteiger partial charge in [-0.05, 0) is 37.6 Å². The maximum atomic E-state index is 9.69. The van der Waals surface area contributed by atoms with Crippen LogP contribution in [0.5, 0.6) is 5.75 Å². The fourth-order valence-electron chi connectivity index (χ4n) is 2.15. The molecule has 0 radical (unpaired) electrons. The van der Waals surface area contributed by atoms with E-state index >= 15 is 0 Å². The molecule has 1 aromatic rings. The summed E-state index contributed by atoms with van der Waals surface area (Å²) >= 11 is 0. The number of benzene rings is 1. The fourth-order valence-corrected chi connectivity index (χ4v) is 2.15. The number of β-amino-alcohol motifs (C(OH)–C–C–N with tert-alkyl or cyclic N) is 1. The van der Waals surface area contributed by atoms with Crippen molar-refractivity contribution in [2.45, 2.75) is 25.5 Å². The first-order valence-electron chi connectivity index (χ1n) is 5.63. The molecule has 2 rings (SSSR count). The molecule has 0 aromatic heterocycles. The van der Waals surface area contributed by atoms with Crippen LogP contribution in [0.3, 0.4) is 0 Å². The average Bonchev–Trinajstić information content (AvgIpc) is 2.24. The van der Waals surface area contributed by atoms with Crippen LogP contribution in [-0.2, 0) is 6.54 Å². The Labute approximate surface area is 95.3 Å². The van der Waals surface area contributed by atoms with Crippen LogP contribution in [0, 0.1) is 0 Å². The summed E-state index contributed by atoms with van der Waals surface area (Å²) in [6, 6.07) is 5.09. The monoisotopic (exact) mass is 222 g/mol. The summed E-state index contributed by atoms with van der Waals surface area (Å²) in [5.74, 6) is 0.272. The van der Waals surface area contributed by atoms with Gasteiger partial charge >= 0.3 is 0 Å². The summed E-state index contributed by atoms with van der Waals surface area (Å²) in [5, 5.41) is 19.2. The zero-order valence-electron chi connectivity index (χ0n) is 9.26. The van der Waals surface area contributed by atoms with E-state index in [9.17, 15) is 10.2 Å². The highest BCUT2D eigenvalue weighted by molar-refractivity contribution is 5.47. The van der Waals surface area contributed by atoms with Gasteiger partial charge in [-0.25, -0.2) is 0 Å². The number of hydrogen-bond donors (Lipinski definition) is 3. The zero-order chi connectivity index (χ0) is 11.5. The van der Waals surface area contributed by atoms with Crippen LogP contribution in [0.2, 0.25) is 0 Å². The molecule has 1 fully saturated rings. The van der Waals surface area contributed by atoms with Crippen molar-refractivity contribution in [3.05, 3.63) is 23.8 Å². The number of piperidine rings is 1. The molecule has 0 amide bonds. The molecule has 1 aliphatic heterocycles. The number of aliphatic hydroxyl groups excluding tert-OH is 1. The van der Waals surface area contributed by atoms with Gasteiger partial charge in [0.25, 0.3) is 0 Å². The zero-order valence-corrected chi connectivity index (χ0v) is 9.26. The maximum absolute atomic E-state index is 9.69. The Bertz CT molecular complexity index is 368. The summed E-state index contributed by atoms with van der Waals surface area (Å²) < 4.78 is 0. The number of rotatable bonds is 2. The van der Waals surface area contributed by atoms with Gasteiger partial charge in [0.1, 0.15) is 5.75 Å². The molecule has 1 saturated heterocycles. The standard InChI is InChI=1S/C12H18N2O2/c13-10-3-4-12(16)9(6-10)7-14-5-1-2-11(15)8-14/h3-4,6,11,15-16H,1-2,5,7-8,13H2. The van der Waals surface area contributed by atoms with E-state index in [2.05, 4.69) is 4.90 Å². The van der Waals surface area contributed by atoms with E-state index in [1.54, 1.807) is 18.2 Å². The van der Waals surface area contributed by atoms with Gasteiger partial charge in [-0.2, -0.15) is 0 Å². The number of aromatic hydroxyl groups is 1. The van der Waals surface area contributed by atoms with E-state index < -0.39 is 0 Å². The lowest BCUT2D eigenvalue weighted by Gasteiger charge is -2.30. The Morgan fingerprint density at radius 3 is 3.00 bits per heavy atom. The van der Waals surface area contributed by atoms with Crippen molar-refractivity contribution in [3.8, 4) is 5.75 Å². The summed E-state index contributed by atoms with van der Waals surface area (Å²) in [4.78, 5) is 2.14. The van der Waals surface area contributed by atoms with Crippen LogP contribution in [0.4, 0.5) is 5.69 Å². The third-order valence-electron chi connectivity index (χ3n) is 2.98. The molecule has 0 saturated carbocycles. The highest BCUT2D eigenvalue weighted by atomic mass is 16.3. The lowest BCUT2D eigenvalue weighted by Crippen LogP contribution is -2.37. The summed E-state index contributed by atoms with van der Waals surface area (Å²) in [6.07, 6.45) is 1.64. The molecule has 4 nitrogen and oxygen atoms in total. The first-order chi connectivity index (χ1) is 7.65. The van der Waals surface area contributed by atoms with Gasteiger partial charge in [-0.1, -0.05) is 0 Å². The van der Waals surface area contributed by atoms with Crippen molar-refractivity contribution in [1.29, 1.82) is 0 Å². The predicted octanol–water partition coefficient (Wildman–Crippen LogP) is 0.931. The molecule has 4 N–H and O–H groups in total. The third kappa shape index (κ3) is 2.65. The number of nitrogens with zero attached hydrogens (tertiary/aromatic N) is 1. The number of phenolic OH excluding ortho intramolecular Hbond substituents is 1. The van der Waals surface area contributed by atoms with Gasteiger partial charge < -0.3 is 15.9 Å². The Morgan fingerprint density at radius 1 is 1.44 bits per heavy atom. The van der Waals surface area contributed by atoms with Gasteiger partial charge in [-0.15, -0.1) is 0 Å². The summed E-state index contributed by atoms with van der Waals surface area (Å²) in [6.45, 7) is 2.29. The molecule has 1 aromatic carbocycles. The van der Waals surface area contributed by atoms with Crippen molar-refractivity contribution in [2.24, 2.45) is 0 Å². The van der Waals surface area contributed by atoms with Crippen molar-refractivity contribution in [2.75, 3.05) is 18.8 Å². The molecule has 0 bridgehead atoms. The van der Waals surface area contributed by atoms with Gasteiger partial charge in [0.05, 0.1) is 6.10 Å². The van der Waals surface area contributed by atoms with Crippen LogP contribution in [0.15, 0.2) is 18.2 Å². The van der Waals surface area contributed by atoms with E-state index in [4.69, 9.17) is 5.73 Å². The number of aliphatic hydroxyl groups is 1. The molecule has 1 heterocycles. The maximum Gasteiger partial charge on any atom is 0.120 e. The second-order valence-corrected chi connectivity index (χ2v) is 4.42. The minimum atomic E-state index is -0.239. The lowest BCUT2D eigenvalue weighted by atomic mass is 10.1. The first-order valence-corrected chi connectivity index (χ1v) is 5.63. The van der Waals surface area contributed by atoms with E-state index in [1.165, 1.54) is 0 Å². The molecule has 0 aliphatic carbocycles. The number of likely N-dealkylation sites (tertiary alicyclic amines) is 1. The third-order valence-corrected chi connectivity index (χ3v) is 2.98. The van der Waals surface area contributed by atoms with Crippen molar-refractivity contribution in [1.82, 2.24) is 4.90 Å². The SMILES string of the molecule is Nc1ccc(O)c(CN2CCCC(O)C2)c1. The Morgan fingerprint density at radius 2 is 2.25 bits per heavy atom. The number of anilines is 1. The van der Waals surface area contributed by atoms with Crippen molar-refractivity contribution in [3.63, 3.8) is 0 Å². The summed E-state index contributed by atoms with van der Waals surface area (Å²) in [7, 11) is 0. The largest absolute Gasteiger partial charge is 0.508 e. The smallest absolute Gasteiger partial charge is 0.120 e. The molecule has 88 valence electrons. The second-order valence-electron chi connectivity index (χ2n) is 4.42. The molecular weight excluding hydrogens is 204 g/mol. The van der Waals surface area contributed by atoms with Crippen LogP contribution in [-0.4, -0.2) is 34.3 Å². The van der Waals surface area contributed by atoms with Gasteiger partial charge in [0.2, 0.25) is 0 Å². The van der Waals surface area contributed by atoms with Gasteiger partial charge in [0, 0.05) is 24.3 Å². The van der Waals surface area contributed by atoms with Gasteiger partial charge in [0.15, 0.2) is 0 Å². The highest BCUT2D eigenvalue weighted by Gasteiger charge is 2.18. The Hall–Kier alpha value is -1.26. The summed E-state index contributed by atoms with van der Waals surface area (Å²) in [5.41, 5.74) is 7.17. The van der Waals surface area contributed by atoms with E-state index in [-0.39, 0.29) is 11.9 Å². The van der Waals surface area contributed by atoms with E-state index in [0.717, 1.165) is 24.9 Å². The second kappa shape index (κ2) is 4.72. The molecule has 1 atom stereocenters. The minimum Gasteiger partial charge on any atom is -0.508 e.